The number of thiophene rings is 1. The number of hydrogen-bond donors (Lipinski definition) is 2. The molecule has 2 aromatic heterocycles. The first kappa shape index (κ1) is 21.1. The molecule has 1 aliphatic carbocycles. The maximum atomic E-state index is 13.0. The van der Waals surface area contributed by atoms with Crippen molar-refractivity contribution in [2.75, 3.05) is 38.7 Å². The average molecular weight is 487 g/mol. The van der Waals surface area contributed by atoms with Gasteiger partial charge in [-0.05, 0) is 47.9 Å². The van der Waals surface area contributed by atoms with Gasteiger partial charge in [0.25, 0.3) is 0 Å². The molecule has 7 rings (SSSR count). The lowest BCUT2D eigenvalue weighted by Crippen LogP contribution is -2.35. The summed E-state index contributed by atoms with van der Waals surface area (Å²) in [6.45, 7) is 4.55. The number of fused-ring (bicyclic) bond motifs is 3. The zero-order valence-electron chi connectivity index (χ0n) is 19.5. The van der Waals surface area contributed by atoms with Crippen LogP contribution in [-0.4, -0.2) is 54.4 Å². The van der Waals surface area contributed by atoms with Gasteiger partial charge in [0.15, 0.2) is 0 Å². The van der Waals surface area contributed by atoms with Crippen molar-refractivity contribution >= 4 is 33.8 Å². The quantitative estimate of drug-likeness (QED) is 0.434. The van der Waals surface area contributed by atoms with Crippen LogP contribution in [0.25, 0.3) is 22.2 Å². The molecule has 3 aliphatic rings. The minimum atomic E-state index is -0.498. The maximum absolute atomic E-state index is 13.0. The lowest BCUT2D eigenvalue weighted by Gasteiger charge is -2.25. The number of amides is 1. The summed E-state index contributed by atoms with van der Waals surface area (Å²) in [7, 11) is 1.66. The van der Waals surface area contributed by atoms with Crippen LogP contribution in [0, 0.1) is 0 Å². The van der Waals surface area contributed by atoms with Crippen molar-refractivity contribution in [3.05, 3.63) is 63.8 Å². The zero-order chi connectivity index (χ0) is 23.6. The summed E-state index contributed by atoms with van der Waals surface area (Å²) in [5.41, 5.74) is 5.74. The molecule has 35 heavy (non-hydrogen) atoms. The van der Waals surface area contributed by atoms with E-state index < -0.39 is 5.41 Å². The molecule has 1 saturated heterocycles. The molecule has 7 nitrogen and oxygen atoms in total. The Labute approximate surface area is 207 Å². The Kier molecular flexibility index (Phi) is 4.77. The Balaban J connectivity index is 1.16. The second-order valence-electron chi connectivity index (χ2n) is 9.66. The second kappa shape index (κ2) is 7.91. The van der Waals surface area contributed by atoms with Crippen LogP contribution in [0.5, 0.6) is 5.75 Å². The van der Waals surface area contributed by atoms with E-state index in [-0.39, 0.29) is 11.8 Å². The number of H-pyrrole nitrogens is 1. The van der Waals surface area contributed by atoms with Crippen molar-refractivity contribution in [1.29, 1.82) is 0 Å². The van der Waals surface area contributed by atoms with E-state index in [1.165, 1.54) is 4.88 Å². The number of aromatic amines is 1. The monoisotopic (exact) mass is 486 g/mol. The van der Waals surface area contributed by atoms with E-state index in [0.717, 1.165) is 84.0 Å². The van der Waals surface area contributed by atoms with Gasteiger partial charge in [0.2, 0.25) is 5.91 Å². The van der Waals surface area contributed by atoms with Crippen molar-refractivity contribution in [1.82, 2.24) is 15.1 Å². The summed E-state index contributed by atoms with van der Waals surface area (Å²) < 4.78 is 10.9. The fourth-order valence-corrected chi connectivity index (χ4v) is 6.65. The smallest absolute Gasteiger partial charge is 0.235 e. The number of ether oxygens (including phenoxy) is 2. The first-order valence-corrected chi connectivity index (χ1v) is 12.9. The first-order chi connectivity index (χ1) is 17.2. The van der Waals surface area contributed by atoms with E-state index in [4.69, 9.17) is 9.47 Å². The highest BCUT2D eigenvalue weighted by atomic mass is 32.1. The number of hydrogen-bond acceptors (Lipinski definition) is 6. The SMILES string of the molecule is COc1ccc2c(c1)C1(CC1c1ccc3c(-c4csc(CN5CCOCC5)c4)n[nH]c3c1)C(=O)N2. The minimum absolute atomic E-state index is 0.0854. The minimum Gasteiger partial charge on any atom is -0.497 e. The molecule has 4 aromatic rings. The van der Waals surface area contributed by atoms with Crippen molar-refractivity contribution in [3.8, 4) is 17.0 Å². The molecular formula is C27H26N4O3S. The van der Waals surface area contributed by atoms with Gasteiger partial charge in [-0.25, -0.2) is 0 Å². The normalized spacial score (nSPS) is 23.6. The zero-order valence-corrected chi connectivity index (χ0v) is 20.3. The Morgan fingerprint density at radius 2 is 2.09 bits per heavy atom. The molecule has 1 amide bonds. The maximum Gasteiger partial charge on any atom is 0.235 e. The van der Waals surface area contributed by atoms with Crippen LogP contribution in [0.1, 0.15) is 28.3 Å². The molecule has 1 spiro atoms. The third-order valence-corrected chi connectivity index (χ3v) is 8.64. The lowest BCUT2D eigenvalue weighted by atomic mass is 9.91. The van der Waals surface area contributed by atoms with Crippen LogP contribution in [0.15, 0.2) is 47.8 Å². The molecule has 0 radical (unpaired) electrons. The van der Waals surface area contributed by atoms with Crippen LogP contribution >= 0.6 is 11.3 Å². The highest BCUT2D eigenvalue weighted by molar-refractivity contribution is 7.10. The number of rotatable bonds is 5. The molecule has 2 aromatic carbocycles. The molecule has 2 aliphatic heterocycles. The van der Waals surface area contributed by atoms with E-state index in [9.17, 15) is 4.79 Å². The Hall–Kier alpha value is -3.20. The van der Waals surface area contributed by atoms with Gasteiger partial charge in [-0.3, -0.25) is 14.8 Å². The van der Waals surface area contributed by atoms with Crippen LogP contribution in [0.2, 0.25) is 0 Å². The van der Waals surface area contributed by atoms with E-state index in [2.05, 4.69) is 50.1 Å². The van der Waals surface area contributed by atoms with Crippen LogP contribution in [-0.2, 0) is 21.5 Å². The van der Waals surface area contributed by atoms with Gasteiger partial charge in [0.05, 0.1) is 31.3 Å². The van der Waals surface area contributed by atoms with Crippen LogP contribution < -0.4 is 10.1 Å². The summed E-state index contributed by atoms with van der Waals surface area (Å²) >= 11 is 1.79. The van der Waals surface area contributed by atoms with Gasteiger partial charge in [0, 0.05) is 52.4 Å². The molecule has 8 heteroatoms. The number of anilines is 1. The third kappa shape index (κ3) is 3.31. The van der Waals surface area contributed by atoms with Gasteiger partial charge in [-0.1, -0.05) is 12.1 Å². The van der Waals surface area contributed by atoms with Crippen molar-refractivity contribution in [2.24, 2.45) is 0 Å². The van der Waals surface area contributed by atoms with Gasteiger partial charge >= 0.3 is 0 Å². The number of methoxy groups -OCH3 is 1. The second-order valence-corrected chi connectivity index (χ2v) is 10.7. The van der Waals surface area contributed by atoms with Crippen molar-refractivity contribution in [2.45, 2.75) is 24.3 Å². The van der Waals surface area contributed by atoms with Crippen molar-refractivity contribution < 1.29 is 14.3 Å². The summed E-state index contributed by atoms with van der Waals surface area (Å²) in [6.07, 6.45) is 0.806. The largest absolute Gasteiger partial charge is 0.497 e. The fraction of sp³-hybridized carbons (Fsp3) is 0.333. The first-order valence-electron chi connectivity index (χ1n) is 12.0. The number of carbonyl (C=O) groups is 1. The van der Waals surface area contributed by atoms with E-state index >= 15 is 0 Å². The average Bonchev–Trinajstić information content (AvgIpc) is 3.11. The molecule has 178 valence electrons. The molecule has 2 atom stereocenters. The standard InChI is InChI=1S/C27H26N4O3S/c1-33-18-3-5-23-21(12-18)27(26(32)28-23)13-22(27)16-2-4-20-24(11-16)29-30-25(20)17-10-19(35-15-17)14-31-6-8-34-9-7-31/h2-5,10-12,15,22H,6-9,13-14H2,1H3,(H,28,32)(H,29,30). The van der Waals surface area contributed by atoms with Crippen LogP contribution in [0.3, 0.4) is 0 Å². The molecule has 2 unspecified atom stereocenters. The lowest BCUT2D eigenvalue weighted by molar-refractivity contribution is -0.118. The molecule has 0 bridgehead atoms. The highest BCUT2D eigenvalue weighted by Crippen LogP contribution is 2.65. The highest BCUT2D eigenvalue weighted by Gasteiger charge is 2.65. The van der Waals surface area contributed by atoms with Gasteiger partial charge < -0.3 is 14.8 Å². The molecular weight excluding hydrogens is 460 g/mol. The molecule has 4 heterocycles. The predicted octanol–water partition coefficient (Wildman–Crippen LogP) is 4.51. The van der Waals surface area contributed by atoms with E-state index in [1.807, 2.05) is 18.2 Å². The summed E-state index contributed by atoms with van der Waals surface area (Å²) in [5, 5.41) is 14.3. The van der Waals surface area contributed by atoms with E-state index in [0.29, 0.717) is 0 Å². The Bertz CT molecular complexity index is 1450. The van der Waals surface area contributed by atoms with E-state index in [1.54, 1.807) is 18.4 Å². The number of morpholine rings is 1. The third-order valence-electron chi connectivity index (χ3n) is 7.72. The Morgan fingerprint density at radius 3 is 2.94 bits per heavy atom. The number of carbonyl (C=O) groups excluding carboxylic acids is 1. The fourth-order valence-electron chi connectivity index (χ4n) is 5.74. The van der Waals surface area contributed by atoms with Gasteiger partial charge in [-0.2, -0.15) is 5.10 Å². The summed E-state index contributed by atoms with van der Waals surface area (Å²) in [6, 6.07) is 14.6. The predicted molar refractivity (Wildman–Crippen MR) is 136 cm³/mol. The molecule has 1 saturated carbocycles. The topological polar surface area (TPSA) is 79.5 Å². The molecule has 2 fully saturated rings. The number of aromatic nitrogens is 2. The van der Waals surface area contributed by atoms with Crippen LogP contribution in [0.4, 0.5) is 5.69 Å². The number of benzene rings is 2. The summed E-state index contributed by atoms with van der Waals surface area (Å²) in [4.78, 5) is 16.8. The number of nitrogens with one attached hydrogen (secondary N) is 2. The summed E-state index contributed by atoms with van der Waals surface area (Å²) in [5.74, 6) is 1.01. The van der Waals surface area contributed by atoms with Gasteiger partial charge in [-0.15, -0.1) is 11.3 Å². The van der Waals surface area contributed by atoms with Crippen molar-refractivity contribution in [3.63, 3.8) is 0 Å². The molecule has 2 N–H and O–H groups in total. The van der Waals surface area contributed by atoms with Gasteiger partial charge in [0.1, 0.15) is 11.4 Å². The Morgan fingerprint density at radius 1 is 1.20 bits per heavy atom. The number of nitrogens with zero attached hydrogens (tertiary/aromatic N) is 2.